The molecule has 4 aromatic carbocycles. The number of rotatable bonds is 11. The van der Waals surface area contributed by atoms with Gasteiger partial charge in [0.25, 0.3) is 0 Å². The topological polar surface area (TPSA) is 215 Å². The number of nitrogens with two attached hydrogens (primary N) is 1. The maximum Gasteiger partial charge on any atom is 0.328 e. The molecule has 0 bridgehead atoms. The number of carbonyl (C=O) groups excluding carboxylic acids is 1. The number of nitrogens with zero attached hydrogens (tertiary/aromatic N) is 6. The summed E-state index contributed by atoms with van der Waals surface area (Å²) in [6.45, 7) is 1.28. The van der Waals surface area contributed by atoms with Crippen LogP contribution in [0.4, 0.5) is 43.2 Å². The molecule has 2 heterocycles. The molecule has 20 heteroatoms. The van der Waals surface area contributed by atoms with E-state index in [4.69, 9.17) is 34.0 Å². The Labute approximate surface area is 359 Å². The molecule has 6 aromatic rings. The molecule has 0 fully saturated rings. The van der Waals surface area contributed by atoms with Crippen molar-refractivity contribution in [2.45, 2.75) is 0 Å². The van der Waals surface area contributed by atoms with Crippen LogP contribution in [-0.4, -0.2) is 98.2 Å². The number of halogens is 5. The number of hydrogen-bond donors (Lipinski definition) is 7. The zero-order valence-corrected chi connectivity index (χ0v) is 34.8. The summed E-state index contributed by atoms with van der Waals surface area (Å²) in [6, 6.07) is 14.5. The number of fused-ring (bicyclic) bond motifs is 2. The Bertz CT molecular complexity index is 2510. The van der Waals surface area contributed by atoms with Gasteiger partial charge in [-0.15, -0.1) is 12.4 Å². The number of likely N-dealkylation sites (N-methyl/N-ethyl adjacent to an activating group) is 2. The number of aromatic hydroxyl groups is 2. The maximum absolute atomic E-state index is 13.4. The number of aromatic nitrogens is 4. The van der Waals surface area contributed by atoms with E-state index in [2.05, 4.69) is 35.9 Å². The predicted molar refractivity (Wildman–Crippen MR) is 235 cm³/mol. The van der Waals surface area contributed by atoms with Crippen LogP contribution in [0.25, 0.3) is 21.8 Å². The van der Waals surface area contributed by atoms with E-state index in [1.807, 2.05) is 38.0 Å². The first kappa shape index (κ1) is 48.0. The van der Waals surface area contributed by atoms with Gasteiger partial charge in [0.15, 0.2) is 0 Å². The van der Waals surface area contributed by atoms with E-state index in [-0.39, 0.29) is 51.2 Å². The standard InChI is InChI=1S/C20H19ClFN5O2.C14H10ClFN4O.C6H11NO2.ClH/c1-27(2)7-3-4-19(29)26-17-9-13-16(10-18(17)28)23-11-24-20(13)25-12-5-6-15(22)14(21)8-12;15-9-3-7(1-2-10(9)16)20-14-8-4-11(17)13(21)5-12(8)18-6-19-14;1-7(2)5-3-4-6(8)9;/h3-6,8-11,28H,7H2,1-2H3,(H,26,29)(H,23,24,25);1-6,21H,17H2,(H,18,19,20);3-4H,5H2,1-2H3,(H,8,9);1H/b4-3+;;4-3+;. The fourth-order valence-corrected chi connectivity index (χ4v) is 5.19. The van der Waals surface area contributed by atoms with E-state index in [1.165, 1.54) is 61.2 Å². The number of phenolic OH excluding ortho intramolecular Hbond substituents is 2. The molecule has 6 rings (SSSR count). The van der Waals surface area contributed by atoms with E-state index in [9.17, 15) is 28.6 Å². The number of nitrogens with one attached hydrogen (secondary N) is 3. The first-order valence-electron chi connectivity index (χ1n) is 17.3. The monoisotopic (exact) mass is 884 g/mol. The maximum atomic E-state index is 13.4. The number of carbonyl (C=O) groups is 2. The van der Waals surface area contributed by atoms with Crippen LogP contribution < -0.4 is 21.7 Å². The van der Waals surface area contributed by atoms with Crippen molar-refractivity contribution in [3.05, 3.63) is 119 Å². The summed E-state index contributed by atoms with van der Waals surface area (Å²) in [7, 11) is 7.54. The molecule has 0 aliphatic heterocycles. The van der Waals surface area contributed by atoms with Crippen LogP contribution in [0.1, 0.15) is 0 Å². The van der Waals surface area contributed by atoms with E-state index < -0.39 is 17.6 Å². The highest BCUT2D eigenvalue weighted by molar-refractivity contribution is 6.31. The third-order valence-electron chi connectivity index (χ3n) is 7.63. The Morgan fingerprint density at radius 1 is 0.717 bits per heavy atom. The second kappa shape index (κ2) is 22.7. The molecule has 0 atom stereocenters. The van der Waals surface area contributed by atoms with E-state index in [0.717, 1.165) is 6.08 Å². The van der Waals surface area contributed by atoms with Crippen LogP contribution in [0, 0.1) is 11.6 Å². The molecule has 0 saturated heterocycles. The molecule has 316 valence electrons. The highest BCUT2D eigenvalue weighted by Gasteiger charge is 2.13. The van der Waals surface area contributed by atoms with Gasteiger partial charge in [-0.3, -0.25) is 4.79 Å². The van der Waals surface area contributed by atoms with Gasteiger partial charge < -0.3 is 46.8 Å². The Balaban J connectivity index is 0.000000271. The second-order valence-corrected chi connectivity index (χ2v) is 13.7. The minimum absolute atomic E-state index is 0. The summed E-state index contributed by atoms with van der Waals surface area (Å²) >= 11 is 11.6. The van der Waals surface area contributed by atoms with Gasteiger partial charge in [-0.05, 0) is 76.7 Å². The number of carboxylic acids is 1. The zero-order chi connectivity index (χ0) is 43.2. The van der Waals surface area contributed by atoms with E-state index >= 15 is 0 Å². The minimum Gasteiger partial charge on any atom is -0.506 e. The number of carboxylic acid groups (broad SMARTS) is 1. The van der Waals surface area contributed by atoms with Crippen molar-refractivity contribution in [3.63, 3.8) is 0 Å². The third-order valence-corrected chi connectivity index (χ3v) is 8.21. The number of amides is 1. The van der Waals surface area contributed by atoms with Gasteiger partial charge in [-0.2, -0.15) is 0 Å². The molecule has 15 nitrogen and oxygen atoms in total. The lowest BCUT2D eigenvalue weighted by Crippen LogP contribution is -2.13. The molecule has 0 aliphatic carbocycles. The van der Waals surface area contributed by atoms with Crippen LogP contribution in [0.2, 0.25) is 10.0 Å². The highest BCUT2D eigenvalue weighted by atomic mass is 35.5. The van der Waals surface area contributed by atoms with Gasteiger partial charge in [-0.25, -0.2) is 33.5 Å². The van der Waals surface area contributed by atoms with Crippen molar-refractivity contribution in [2.75, 3.05) is 63.0 Å². The van der Waals surface area contributed by atoms with Crippen molar-refractivity contribution < 1.29 is 33.7 Å². The molecular formula is C40H41Cl3F2N10O5. The van der Waals surface area contributed by atoms with Crippen molar-refractivity contribution in [3.8, 4) is 11.5 Å². The zero-order valence-electron chi connectivity index (χ0n) is 32.5. The lowest BCUT2D eigenvalue weighted by atomic mass is 10.2. The average Bonchev–Trinajstić information content (AvgIpc) is 3.16. The van der Waals surface area contributed by atoms with Gasteiger partial charge in [0.1, 0.15) is 47.4 Å². The second-order valence-electron chi connectivity index (χ2n) is 12.9. The molecule has 2 aromatic heterocycles. The van der Waals surface area contributed by atoms with Crippen LogP contribution in [0.15, 0.2) is 97.6 Å². The summed E-state index contributed by atoms with van der Waals surface area (Å²) in [5, 5.41) is 37.8. The lowest BCUT2D eigenvalue weighted by molar-refractivity contribution is -0.131. The average molecular weight is 886 g/mol. The van der Waals surface area contributed by atoms with Crippen molar-refractivity contribution >= 4 is 104 Å². The van der Waals surface area contributed by atoms with Gasteiger partial charge in [0, 0.05) is 59.5 Å². The van der Waals surface area contributed by atoms with Crippen molar-refractivity contribution in [2.24, 2.45) is 0 Å². The molecule has 0 spiro atoms. The van der Waals surface area contributed by atoms with Crippen LogP contribution in [-0.2, 0) is 9.59 Å². The normalized spacial score (nSPS) is 10.9. The first-order valence-corrected chi connectivity index (χ1v) is 18.1. The van der Waals surface area contributed by atoms with Gasteiger partial charge in [0.05, 0.1) is 32.5 Å². The van der Waals surface area contributed by atoms with Gasteiger partial charge >= 0.3 is 5.97 Å². The van der Waals surface area contributed by atoms with Crippen LogP contribution >= 0.6 is 35.6 Å². The smallest absolute Gasteiger partial charge is 0.328 e. The molecule has 1 amide bonds. The van der Waals surface area contributed by atoms with E-state index in [1.54, 1.807) is 30.4 Å². The molecule has 0 saturated carbocycles. The largest absolute Gasteiger partial charge is 0.506 e. The number of anilines is 6. The van der Waals surface area contributed by atoms with E-state index in [0.29, 0.717) is 57.9 Å². The highest BCUT2D eigenvalue weighted by Crippen LogP contribution is 2.34. The Morgan fingerprint density at radius 2 is 1.18 bits per heavy atom. The Morgan fingerprint density at radius 3 is 1.65 bits per heavy atom. The molecule has 0 radical (unpaired) electrons. The molecule has 0 unspecified atom stereocenters. The summed E-state index contributed by atoms with van der Waals surface area (Å²) in [5.74, 6) is -1.56. The SMILES string of the molecule is CN(C)C/C=C/C(=O)Nc1cc2c(Nc3ccc(F)c(Cl)c3)ncnc2cc1O.CN(C)C/C=C/C(=O)O.Cl.Nc1cc2c(Nc3ccc(F)c(Cl)c3)ncnc2cc1O. The number of aliphatic carboxylic acids is 1. The molecule has 0 aliphatic rings. The van der Waals surface area contributed by atoms with Gasteiger partial charge in [0.2, 0.25) is 5.91 Å². The Hall–Kier alpha value is -6.37. The van der Waals surface area contributed by atoms with Crippen molar-refractivity contribution in [1.29, 1.82) is 0 Å². The minimum atomic E-state index is -0.892. The number of phenols is 2. The number of benzene rings is 4. The molecular weight excluding hydrogens is 845 g/mol. The lowest BCUT2D eigenvalue weighted by Gasteiger charge is -2.12. The summed E-state index contributed by atoms with van der Waals surface area (Å²) in [6.07, 6.45) is 8.53. The number of nitrogen functional groups attached to an aromatic ring is 1. The predicted octanol–water partition coefficient (Wildman–Crippen LogP) is 7.99. The first-order chi connectivity index (χ1) is 28.0. The summed E-state index contributed by atoms with van der Waals surface area (Å²) < 4.78 is 26.5. The van der Waals surface area contributed by atoms with Crippen molar-refractivity contribution in [1.82, 2.24) is 29.7 Å². The quantitative estimate of drug-likeness (QED) is 0.0373. The third kappa shape index (κ3) is 14.5. The molecule has 8 N–H and O–H groups in total. The summed E-state index contributed by atoms with van der Waals surface area (Å²) in [5.41, 5.74) is 8.23. The van der Waals surface area contributed by atoms with Crippen LogP contribution in [0.3, 0.4) is 0 Å². The van der Waals surface area contributed by atoms with Crippen LogP contribution in [0.5, 0.6) is 11.5 Å². The molecule has 60 heavy (non-hydrogen) atoms. The fraction of sp³-hybridized carbons (Fsp3) is 0.150. The Kier molecular flexibility index (Phi) is 18.2. The number of hydrogen-bond acceptors (Lipinski definition) is 13. The summed E-state index contributed by atoms with van der Waals surface area (Å²) in [4.78, 5) is 42.3. The van der Waals surface area contributed by atoms with Gasteiger partial charge in [-0.1, -0.05) is 35.4 Å². The fourth-order valence-electron chi connectivity index (χ4n) is 4.83.